The number of rotatable bonds is 20. The summed E-state index contributed by atoms with van der Waals surface area (Å²) in [6.07, 6.45) is 8.76. The lowest BCUT2D eigenvalue weighted by molar-refractivity contribution is -0.301. The van der Waals surface area contributed by atoms with Crippen molar-refractivity contribution in [3.05, 3.63) is 42.0 Å². The number of amides is 2. The highest BCUT2D eigenvalue weighted by molar-refractivity contribution is 5.95. The second kappa shape index (κ2) is 20.5. The molecule has 0 aliphatic carbocycles. The van der Waals surface area contributed by atoms with E-state index in [2.05, 4.69) is 17.6 Å². The third kappa shape index (κ3) is 13.5. The minimum atomic E-state index is -1.61. The first kappa shape index (κ1) is 34.9. The highest BCUT2D eigenvalue weighted by Gasteiger charge is 2.44. The van der Waals surface area contributed by atoms with Gasteiger partial charge in [0, 0.05) is 12.6 Å². The highest BCUT2D eigenvalue weighted by Crippen LogP contribution is 2.22. The summed E-state index contributed by atoms with van der Waals surface area (Å²) < 4.78 is 10.9. The Morgan fingerprint density at radius 3 is 2.12 bits per heavy atom. The molecule has 0 saturated carbocycles. The van der Waals surface area contributed by atoms with E-state index < -0.39 is 55.2 Å². The summed E-state index contributed by atoms with van der Waals surface area (Å²) >= 11 is 0. The van der Waals surface area contributed by atoms with Crippen LogP contribution in [0.1, 0.15) is 83.1 Å². The zero-order valence-electron chi connectivity index (χ0n) is 24.3. The SMILES string of the molecule is CCCCCCCCCCCCCNC(=O)[C@H](CO[C@H]1O[C@H](CO)[C@H](O)[C@H](O)[C@H]1O)NC(=O)/C=C/c1ccccc1. The maximum Gasteiger partial charge on any atom is 0.245 e. The van der Waals surface area contributed by atoms with Crippen LogP contribution in [0.5, 0.6) is 0 Å². The maximum absolute atomic E-state index is 13.0. The van der Waals surface area contributed by atoms with Gasteiger partial charge in [-0.1, -0.05) is 101 Å². The lowest BCUT2D eigenvalue weighted by Gasteiger charge is -2.39. The molecule has 0 aromatic heterocycles. The van der Waals surface area contributed by atoms with Crippen molar-refractivity contribution in [2.75, 3.05) is 19.8 Å². The normalized spacial score (nSPS) is 23.4. The van der Waals surface area contributed by atoms with Crippen LogP contribution in [0.2, 0.25) is 0 Å². The molecule has 10 nitrogen and oxygen atoms in total. The standard InChI is InChI=1S/C31H50N2O8/c1-2-3-4-5-6-7-8-9-10-11-15-20-32-30(39)24(33-26(35)19-18-23-16-13-12-14-17-23)22-40-31-29(38)28(37)27(36)25(21-34)41-31/h12-14,16-19,24-25,27-29,31,34,36-38H,2-11,15,20-22H2,1H3,(H,32,39)(H,33,35)/b19-18+/t24-,25+,27-,28-,29+,31-/m0/s1. The van der Waals surface area contributed by atoms with Crippen molar-refractivity contribution in [2.45, 2.75) is 114 Å². The van der Waals surface area contributed by atoms with Crippen LogP contribution in [0.15, 0.2) is 36.4 Å². The molecule has 0 spiro atoms. The average Bonchev–Trinajstić information content (AvgIpc) is 2.98. The van der Waals surface area contributed by atoms with Gasteiger partial charge in [-0.25, -0.2) is 0 Å². The van der Waals surface area contributed by atoms with Crippen molar-refractivity contribution >= 4 is 17.9 Å². The molecule has 232 valence electrons. The average molecular weight is 579 g/mol. The van der Waals surface area contributed by atoms with Gasteiger partial charge in [0.05, 0.1) is 13.2 Å². The molecule has 0 unspecified atom stereocenters. The highest BCUT2D eigenvalue weighted by atomic mass is 16.7. The van der Waals surface area contributed by atoms with Gasteiger partial charge in [-0.05, 0) is 18.1 Å². The van der Waals surface area contributed by atoms with E-state index in [9.17, 15) is 30.0 Å². The fourth-order valence-electron chi connectivity index (χ4n) is 4.66. The Labute approximate surface area is 244 Å². The van der Waals surface area contributed by atoms with Crippen LogP contribution >= 0.6 is 0 Å². The molecule has 1 aliphatic heterocycles. The fourth-order valence-corrected chi connectivity index (χ4v) is 4.66. The van der Waals surface area contributed by atoms with Crippen LogP contribution in [0.25, 0.3) is 6.08 Å². The van der Waals surface area contributed by atoms with Gasteiger partial charge in [-0.3, -0.25) is 9.59 Å². The molecular weight excluding hydrogens is 528 g/mol. The quantitative estimate of drug-likeness (QED) is 0.102. The lowest BCUT2D eigenvalue weighted by atomic mass is 9.99. The Morgan fingerprint density at radius 1 is 0.902 bits per heavy atom. The number of aliphatic hydroxyl groups excluding tert-OH is 4. The predicted molar refractivity (Wildman–Crippen MR) is 157 cm³/mol. The van der Waals surface area contributed by atoms with Crippen molar-refractivity contribution in [3.8, 4) is 0 Å². The number of benzene rings is 1. The van der Waals surface area contributed by atoms with Crippen LogP contribution in [0.3, 0.4) is 0 Å². The minimum absolute atomic E-state index is 0.363. The summed E-state index contributed by atoms with van der Waals surface area (Å²) in [5, 5.41) is 45.1. The van der Waals surface area contributed by atoms with Gasteiger partial charge in [0.1, 0.15) is 30.5 Å². The Morgan fingerprint density at radius 2 is 1.51 bits per heavy atom. The first-order valence-electron chi connectivity index (χ1n) is 15.1. The Bertz CT molecular complexity index is 882. The first-order valence-corrected chi connectivity index (χ1v) is 15.1. The third-order valence-corrected chi connectivity index (χ3v) is 7.21. The van der Waals surface area contributed by atoms with Crippen molar-refractivity contribution < 1.29 is 39.5 Å². The fraction of sp³-hybridized carbons (Fsp3) is 0.677. The Kier molecular flexibility index (Phi) is 17.4. The van der Waals surface area contributed by atoms with Crippen LogP contribution < -0.4 is 10.6 Å². The number of hydrogen-bond acceptors (Lipinski definition) is 8. The number of unbranched alkanes of at least 4 members (excludes halogenated alkanes) is 10. The number of carbonyl (C=O) groups is 2. The van der Waals surface area contributed by atoms with Gasteiger partial charge in [0.2, 0.25) is 11.8 Å². The number of carbonyl (C=O) groups excluding carboxylic acids is 2. The second-order valence-corrected chi connectivity index (χ2v) is 10.7. The van der Waals surface area contributed by atoms with Crippen LogP contribution in [-0.4, -0.2) is 88.7 Å². The molecule has 6 N–H and O–H groups in total. The molecule has 1 aliphatic rings. The minimum Gasteiger partial charge on any atom is -0.394 e. The van der Waals surface area contributed by atoms with Gasteiger partial charge in [0.25, 0.3) is 0 Å². The van der Waals surface area contributed by atoms with Crippen molar-refractivity contribution in [1.29, 1.82) is 0 Å². The van der Waals surface area contributed by atoms with Gasteiger partial charge < -0.3 is 40.5 Å². The number of nitrogens with one attached hydrogen (secondary N) is 2. The van der Waals surface area contributed by atoms with E-state index in [0.29, 0.717) is 6.54 Å². The van der Waals surface area contributed by atoms with E-state index in [-0.39, 0.29) is 6.61 Å². The largest absolute Gasteiger partial charge is 0.394 e. The van der Waals surface area contributed by atoms with Gasteiger partial charge >= 0.3 is 0 Å². The summed E-state index contributed by atoms with van der Waals surface area (Å²) in [6.45, 7) is 1.70. The zero-order valence-corrected chi connectivity index (χ0v) is 24.3. The number of aliphatic hydroxyl groups is 4. The van der Waals surface area contributed by atoms with Crippen LogP contribution in [-0.2, 0) is 19.1 Å². The lowest BCUT2D eigenvalue weighted by Crippen LogP contribution is -2.60. The summed E-state index contributed by atoms with van der Waals surface area (Å²) in [4.78, 5) is 25.6. The molecule has 1 aromatic rings. The van der Waals surface area contributed by atoms with Crippen molar-refractivity contribution in [3.63, 3.8) is 0 Å². The molecule has 1 saturated heterocycles. The first-order chi connectivity index (χ1) is 19.9. The number of ether oxygens (including phenoxy) is 2. The predicted octanol–water partition coefficient (Wildman–Crippen LogP) is 2.43. The maximum atomic E-state index is 13.0. The topological polar surface area (TPSA) is 158 Å². The van der Waals surface area contributed by atoms with Crippen LogP contribution in [0.4, 0.5) is 0 Å². The van der Waals surface area contributed by atoms with Gasteiger partial charge in [0.15, 0.2) is 6.29 Å². The van der Waals surface area contributed by atoms with Crippen molar-refractivity contribution in [2.24, 2.45) is 0 Å². The Balaban J connectivity index is 1.82. The molecular formula is C31H50N2O8. The molecule has 10 heteroatoms. The third-order valence-electron chi connectivity index (χ3n) is 7.21. The van der Waals surface area contributed by atoms with Gasteiger partial charge in [-0.15, -0.1) is 0 Å². The van der Waals surface area contributed by atoms with E-state index in [0.717, 1.165) is 24.8 Å². The molecule has 0 bridgehead atoms. The summed E-state index contributed by atoms with van der Waals surface area (Å²) in [5.41, 5.74) is 0.817. The number of hydrogen-bond donors (Lipinski definition) is 6. The molecule has 1 heterocycles. The molecule has 41 heavy (non-hydrogen) atoms. The van der Waals surface area contributed by atoms with E-state index in [1.165, 1.54) is 57.4 Å². The second-order valence-electron chi connectivity index (χ2n) is 10.7. The Hall–Kier alpha value is -2.34. The van der Waals surface area contributed by atoms with Gasteiger partial charge in [-0.2, -0.15) is 0 Å². The summed E-state index contributed by atoms with van der Waals surface area (Å²) in [6, 6.07) is 8.12. The van der Waals surface area contributed by atoms with Crippen LogP contribution in [0, 0.1) is 0 Å². The summed E-state index contributed by atoms with van der Waals surface area (Å²) in [7, 11) is 0. The smallest absolute Gasteiger partial charge is 0.245 e. The van der Waals surface area contributed by atoms with E-state index in [1.807, 2.05) is 30.3 Å². The van der Waals surface area contributed by atoms with Crippen molar-refractivity contribution in [1.82, 2.24) is 10.6 Å². The van der Waals surface area contributed by atoms with E-state index in [1.54, 1.807) is 6.08 Å². The molecule has 0 radical (unpaired) electrons. The summed E-state index contributed by atoms with van der Waals surface area (Å²) in [5.74, 6) is -0.968. The zero-order chi connectivity index (χ0) is 29.9. The van der Waals surface area contributed by atoms with E-state index >= 15 is 0 Å². The molecule has 1 fully saturated rings. The molecule has 6 atom stereocenters. The molecule has 1 aromatic carbocycles. The molecule has 2 rings (SSSR count). The van der Waals surface area contributed by atoms with E-state index in [4.69, 9.17) is 9.47 Å². The molecule has 2 amide bonds. The monoisotopic (exact) mass is 578 g/mol.